The van der Waals surface area contributed by atoms with Crippen molar-refractivity contribution < 1.29 is 14.5 Å². The summed E-state index contributed by atoms with van der Waals surface area (Å²) in [5.41, 5.74) is 1.81. The lowest BCUT2D eigenvalue weighted by Crippen LogP contribution is -2.44. The number of hydrogen-bond donors (Lipinski definition) is 2. The van der Waals surface area contributed by atoms with Crippen LogP contribution in [0.1, 0.15) is 13.8 Å². The van der Waals surface area contributed by atoms with Crippen LogP contribution in [0.3, 0.4) is 0 Å². The minimum Gasteiger partial charge on any atom is -0.478 e. The number of amides is 1. The Morgan fingerprint density at radius 3 is 2.63 bits per heavy atom. The Balaban J connectivity index is 3.05. The van der Waals surface area contributed by atoms with Crippen LogP contribution in [-0.4, -0.2) is 16.9 Å². The number of halogens is 1. The number of nitro groups is 1. The van der Waals surface area contributed by atoms with Gasteiger partial charge in [0, 0.05) is 6.07 Å². The third kappa shape index (κ3) is 3.80. The summed E-state index contributed by atoms with van der Waals surface area (Å²) in [5.74, 6) is 4.42. The number of nitrogens with one attached hydrogen (secondary N) is 1. The summed E-state index contributed by atoms with van der Waals surface area (Å²) in [6.45, 7) is 3.51. The van der Waals surface area contributed by atoms with Crippen molar-refractivity contribution in [2.45, 2.75) is 20.0 Å². The summed E-state index contributed by atoms with van der Waals surface area (Å²) in [6, 6.07) is 3.76. The molecule has 0 spiro atoms. The molecule has 1 unspecified atom stereocenters. The van der Waals surface area contributed by atoms with Crippen molar-refractivity contribution in [2.24, 2.45) is 11.8 Å². The molecule has 0 aromatic heterocycles. The lowest BCUT2D eigenvalue weighted by atomic mass is 10.1. The van der Waals surface area contributed by atoms with E-state index in [2.05, 4.69) is 0 Å². The topological polar surface area (TPSA) is 107 Å². The minimum atomic E-state index is -0.885. The summed E-state index contributed by atoms with van der Waals surface area (Å²) in [5, 5.41) is 10.9. The molecule has 8 heteroatoms. The van der Waals surface area contributed by atoms with E-state index in [1.54, 1.807) is 13.8 Å². The normalized spacial score (nSPS) is 12.1. The van der Waals surface area contributed by atoms with Crippen molar-refractivity contribution in [3.8, 4) is 5.75 Å². The van der Waals surface area contributed by atoms with Crippen LogP contribution in [0, 0.1) is 16.0 Å². The van der Waals surface area contributed by atoms with E-state index in [1.807, 2.05) is 5.43 Å². The van der Waals surface area contributed by atoms with E-state index in [1.165, 1.54) is 18.2 Å². The fraction of sp³-hybridized carbons (Fsp3) is 0.364. The van der Waals surface area contributed by atoms with E-state index in [-0.39, 0.29) is 22.4 Å². The molecule has 0 heterocycles. The van der Waals surface area contributed by atoms with E-state index in [4.69, 9.17) is 22.2 Å². The van der Waals surface area contributed by atoms with Crippen LogP contribution in [0.4, 0.5) is 5.69 Å². The highest BCUT2D eigenvalue weighted by atomic mass is 35.5. The average Bonchev–Trinajstić information content (AvgIpc) is 2.36. The predicted octanol–water partition coefficient (Wildman–Crippen LogP) is 1.64. The maximum atomic E-state index is 11.5. The van der Waals surface area contributed by atoms with Gasteiger partial charge in [-0.3, -0.25) is 20.3 Å². The third-order valence-electron chi connectivity index (χ3n) is 2.39. The quantitative estimate of drug-likeness (QED) is 0.370. The van der Waals surface area contributed by atoms with Crippen LogP contribution in [0.2, 0.25) is 5.02 Å². The first-order valence-corrected chi connectivity index (χ1v) is 5.85. The van der Waals surface area contributed by atoms with E-state index in [0.29, 0.717) is 0 Å². The van der Waals surface area contributed by atoms with E-state index < -0.39 is 16.9 Å². The first-order chi connectivity index (χ1) is 8.86. The number of non-ortho nitro benzene ring substituents is 1. The number of nitrogens with two attached hydrogens (primary N) is 1. The van der Waals surface area contributed by atoms with Crippen LogP contribution in [0.5, 0.6) is 5.75 Å². The summed E-state index contributed by atoms with van der Waals surface area (Å²) in [4.78, 5) is 21.7. The lowest BCUT2D eigenvalue weighted by molar-refractivity contribution is -0.384. The molecule has 3 N–H and O–H groups in total. The second kappa shape index (κ2) is 6.35. The number of carbonyl (C=O) groups excluding carboxylic acids is 1. The molecule has 1 amide bonds. The SMILES string of the molecule is CC(C)C(Oc1cc([N+](=O)[O-])ccc1Cl)C(=O)NN. The maximum absolute atomic E-state index is 11.5. The van der Waals surface area contributed by atoms with Gasteiger partial charge < -0.3 is 4.74 Å². The van der Waals surface area contributed by atoms with Gasteiger partial charge in [-0.05, 0) is 12.0 Å². The summed E-state index contributed by atoms with van der Waals surface area (Å²) >= 11 is 5.89. The molecule has 19 heavy (non-hydrogen) atoms. The summed E-state index contributed by atoms with van der Waals surface area (Å²) in [7, 11) is 0. The number of ether oxygens (including phenoxy) is 1. The fourth-order valence-corrected chi connectivity index (χ4v) is 1.57. The van der Waals surface area contributed by atoms with Crippen LogP contribution in [0.15, 0.2) is 18.2 Å². The van der Waals surface area contributed by atoms with Crippen molar-refractivity contribution in [3.05, 3.63) is 33.3 Å². The molecule has 0 aliphatic carbocycles. The van der Waals surface area contributed by atoms with Crippen LogP contribution in [0.25, 0.3) is 0 Å². The van der Waals surface area contributed by atoms with Crippen molar-refractivity contribution in [1.82, 2.24) is 5.43 Å². The molecule has 0 aliphatic rings. The number of nitrogens with zero attached hydrogens (tertiary/aromatic N) is 1. The van der Waals surface area contributed by atoms with Crippen molar-refractivity contribution in [3.63, 3.8) is 0 Å². The molecular weight excluding hydrogens is 274 g/mol. The fourth-order valence-electron chi connectivity index (χ4n) is 1.41. The molecule has 0 aliphatic heterocycles. The van der Waals surface area contributed by atoms with E-state index in [0.717, 1.165) is 0 Å². The zero-order valence-corrected chi connectivity index (χ0v) is 11.2. The third-order valence-corrected chi connectivity index (χ3v) is 2.70. The zero-order chi connectivity index (χ0) is 14.6. The number of carbonyl (C=O) groups is 1. The van der Waals surface area contributed by atoms with Gasteiger partial charge in [-0.25, -0.2) is 5.84 Å². The van der Waals surface area contributed by atoms with Gasteiger partial charge in [0.05, 0.1) is 16.0 Å². The van der Waals surface area contributed by atoms with Crippen LogP contribution >= 0.6 is 11.6 Å². The molecule has 0 bridgehead atoms. The molecular formula is C11H14ClN3O4. The highest BCUT2D eigenvalue weighted by Crippen LogP contribution is 2.30. The van der Waals surface area contributed by atoms with E-state index >= 15 is 0 Å². The molecule has 104 valence electrons. The van der Waals surface area contributed by atoms with Gasteiger partial charge in [-0.15, -0.1) is 0 Å². The second-order valence-corrected chi connectivity index (χ2v) is 4.57. The number of hydrogen-bond acceptors (Lipinski definition) is 5. The summed E-state index contributed by atoms with van der Waals surface area (Å²) < 4.78 is 5.42. The van der Waals surface area contributed by atoms with Gasteiger partial charge in [0.1, 0.15) is 5.75 Å². The Labute approximate surface area is 114 Å². The van der Waals surface area contributed by atoms with Crippen LogP contribution < -0.4 is 16.0 Å². The predicted molar refractivity (Wildman–Crippen MR) is 69.7 cm³/mol. The van der Waals surface area contributed by atoms with Gasteiger partial charge in [0.15, 0.2) is 6.10 Å². The molecule has 1 rings (SSSR count). The largest absolute Gasteiger partial charge is 0.478 e. The molecule has 0 fully saturated rings. The van der Waals surface area contributed by atoms with Crippen molar-refractivity contribution >= 4 is 23.2 Å². The van der Waals surface area contributed by atoms with Gasteiger partial charge in [0.25, 0.3) is 11.6 Å². The average molecular weight is 288 g/mol. The van der Waals surface area contributed by atoms with Gasteiger partial charge in [0.2, 0.25) is 0 Å². The molecule has 0 saturated carbocycles. The number of hydrazine groups is 1. The lowest BCUT2D eigenvalue weighted by Gasteiger charge is -2.21. The maximum Gasteiger partial charge on any atom is 0.275 e. The van der Waals surface area contributed by atoms with Gasteiger partial charge in [-0.2, -0.15) is 0 Å². The molecule has 1 aromatic rings. The van der Waals surface area contributed by atoms with Crippen molar-refractivity contribution in [1.29, 1.82) is 0 Å². The second-order valence-electron chi connectivity index (χ2n) is 4.16. The number of rotatable bonds is 5. The highest BCUT2D eigenvalue weighted by Gasteiger charge is 2.25. The molecule has 7 nitrogen and oxygen atoms in total. The summed E-state index contributed by atoms with van der Waals surface area (Å²) in [6.07, 6.45) is -0.885. The number of benzene rings is 1. The number of nitro benzene ring substituents is 1. The Kier molecular flexibility index (Phi) is 5.08. The van der Waals surface area contributed by atoms with Crippen molar-refractivity contribution in [2.75, 3.05) is 0 Å². The molecule has 0 radical (unpaired) electrons. The van der Waals surface area contributed by atoms with Crippen LogP contribution in [-0.2, 0) is 4.79 Å². The first-order valence-electron chi connectivity index (χ1n) is 5.48. The smallest absolute Gasteiger partial charge is 0.275 e. The standard InChI is InChI=1S/C11H14ClN3O4/c1-6(2)10(11(16)14-13)19-9-5-7(15(17)18)3-4-8(9)12/h3-6,10H,13H2,1-2H3,(H,14,16). The zero-order valence-electron chi connectivity index (χ0n) is 10.4. The Morgan fingerprint density at radius 1 is 1.53 bits per heavy atom. The van der Waals surface area contributed by atoms with E-state index in [9.17, 15) is 14.9 Å². The Bertz CT molecular complexity index is 493. The van der Waals surface area contributed by atoms with Gasteiger partial charge >= 0.3 is 0 Å². The first kappa shape index (κ1) is 15.2. The highest BCUT2D eigenvalue weighted by molar-refractivity contribution is 6.32. The molecule has 1 aromatic carbocycles. The monoisotopic (exact) mass is 287 g/mol. The molecule has 1 atom stereocenters. The minimum absolute atomic E-state index is 0.0677. The Hall–Kier alpha value is -1.86. The Morgan fingerprint density at radius 2 is 2.16 bits per heavy atom. The molecule has 0 saturated heterocycles. The van der Waals surface area contributed by atoms with Gasteiger partial charge in [-0.1, -0.05) is 25.4 Å².